The Kier molecular flexibility index (Phi) is 7.95. The minimum Gasteiger partial charge on any atom is -0.452 e. The third kappa shape index (κ3) is 6.10. The molecule has 1 amide bonds. The Morgan fingerprint density at radius 3 is 2.45 bits per heavy atom. The Bertz CT molecular complexity index is 1150. The van der Waals surface area contributed by atoms with Crippen LogP contribution in [0.2, 0.25) is 0 Å². The molecule has 1 aliphatic rings. The number of hydrogen-bond acceptors (Lipinski definition) is 7. The summed E-state index contributed by atoms with van der Waals surface area (Å²) in [6.07, 6.45) is 4.92. The average molecular weight is 500 g/mol. The molecule has 4 rings (SSSR count). The molecule has 6 nitrogen and oxygen atoms in total. The molecule has 9 heteroatoms. The maximum absolute atomic E-state index is 12.5. The van der Waals surface area contributed by atoms with Gasteiger partial charge in [0, 0.05) is 13.1 Å². The molecule has 0 aliphatic carbocycles. The van der Waals surface area contributed by atoms with E-state index in [9.17, 15) is 9.59 Å². The van der Waals surface area contributed by atoms with E-state index in [1.54, 1.807) is 33.8 Å². The molecule has 172 valence electrons. The molecule has 0 atom stereocenters. The zero-order valence-electron chi connectivity index (χ0n) is 18.3. The molecule has 1 fully saturated rings. The van der Waals surface area contributed by atoms with Crippen molar-refractivity contribution < 1.29 is 14.3 Å². The van der Waals surface area contributed by atoms with E-state index in [-0.39, 0.29) is 12.5 Å². The van der Waals surface area contributed by atoms with Crippen LogP contribution in [-0.4, -0.2) is 52.5 Å². The predicted molar refractivity (Wildman–Crippen MR) is 134 cm³/mol. The average Bonchev–Trinajstić information content (AvgIpc) is 3.24. The summed E-state index contributed by atoms with van der Waals surface area (Å²) < 4.78 is 8.48. The molecule has 1 aliphatic heterocycles. The van der Waals surface area contributed by atoms with Crippen molar-refractivity contribution in [3.63, 3.8) is 0 Å². The summed E-state index contributed by atoms with van der Waals surface area (Å²) in [5, 5.41) is 4.44. The monoisotopic (exact) mass is 499 g/mol. The van der Waals surface area contributed by atoms with Crippen LogP contribution in [0.1, 0.15) is 28.8 Å². The summed E-state index contributed by atoms with van der Waals surface area (Å²) in [4.78, 5) is 26.7. The molecule has 2 aromatic carbocycles. The SMILES string of the molecule is CSc1nn(-c2ccc(C(=O)OCC(=O)N3CCC(Cc4ccccc4)CC3)cc2)c(=S)s1. The van der Waals surface area contributed by atoms with Crippen molar-refractivity contribution in [3.8, 4) is 5.69 Å². The quantitative estimate of drug-likeness (QED) is 0.258. The number of likely N-dealkylation sites (tertiary alicyclic amines) is 1. The van der Waals surface area contributed by atoms with E-state index in [0.29, 0.717) is 28.5 Å². The highest BCUT2D eigenvalue weighted by Gasteiger charge is 2.24. The minimum absolute atomic E-state index is 0.142. The van der Waals surface area contributed by atoms with Crippen LogP contribution >= 0.6 is 35.3 Å². The van der Waals surface area contributed by atoms with E-state index in [0.717, 1.165) is 29.3 Å². The van der Waals surface area contributed by atoms with E-state index in [1.165, 1.54) is 28.7 Å². The number of aromatic nitrogens is 2. The fourth-order valence-electron chi connectivity index (χ4n) is 3.88. The molecule has 0 radical (unpaired) electrons. The van der Waals surface area contributed by atoms with Gasteiger partial charge in [0.2, 0.25) is 0 Å². The fraction of sp³-hybridized carbons (Fsp3) is 0.333. The van der Waals surface area contributed by atoms with Gasteiger partial charge in [-0.05, 0) is 73.5 Å². The minimum atomic E-state index is -0.513. The number of ether oxygens (including phenoxy) is 1. The molecule has 0 unspecified atom stereocenters. The lowest BCUT2D eigenvalue weighted by atomic mass is 9.90. The molecular weight excluding hydrogens is 474 g/mol. The van der Waals surface area contributed by atoms with Crippen LogP contribution in [0.4, 0.5) is 0 Å². The maximum Gasteiger partial charge on any atom is 0.338 e. The van der Waals surface area contributed by atoms with Crippen LogP contribution in [0.25, 0.3) is 5.69 Å². The fourth-order valence-corrected chi connectivity index (χ4v) is 5.66. The number of amides is 1. The third-order valence-electron chi connectivity index (χ3n) is 5.71. The molecule has 2 heterocycles. The Hall–Kier alpha value is -2.49. The van der Waals surface area contributed by atoms with Crippen molar-refractivity contribution in [1.29, 1.82) is 0 Å². The van der Waals surface area contributed by atoms with Crippen LogP contribution in [0, 0.1) is 9.87 Å². The highest BCUT2D eigenvalue weighted by Crippen LogP contribution is 2.23. The first kappa shape index (κ1) is 23.7. The number of benzene rings is 2. The van der Waals surface area contributed by atoms with Crippen LogP contribution in [-0.2, 0) is 16.0 Å². The first-order valence-corrected chi connectivity index (χ1v) is 13.2. The summed E-state index contributed by atoms with van der Waals surface area (Å²) in [6, 6.07) is 17.3. The van der Waals surface area contributed by atoms with Crippen LogP contribution in [0.5, 0.6) is 0 Å². The van der Waals surface area contributed by atoms with Gasteiger partial charge in [0.1, 0.15) is 0 Å². The van der Waals surface area contributed by atoms with Gasteiger partial charge in [-0.3, -0.25) is 4.79 Å². The molecule has 1 saturated heterocycles. The van der Waals surface area contributed by atoms with Crippen LogP contribution in [0.3, 0.4) is 0 Å². The first-order valence-electron chi connectivity index (χ1n) is 10.8. The van der Waals surface area contributed by atoms with Crippen LogP contribution < -0.4 is 0 Å². The second-order valence-corrected chi connectivity index (χ2v) is 10.6. The Morgan fingerprint density at radius 1 is 1.12 bits per heavy atom. The molecule has 3 aromatic rings. The number of hydrogen-bond donors (Lipinski definition) is 0. The third-order valence-corrected chi connectivity index (χ3v) is 7.92. The highest BCUT2D eigenvalue weighted by atomic mass is 32.2. The second kappa shape index (κ2) is 11.1. The lowest BCUT2D eigenvalue weighted by molar-refractivity contribution is -0.135. The van der Waals surface area contributed by atoms with Crippen LogP contribution in [0.15, 0.2) is 58.9 Å². The summed E-state index contributed by atoms with van der Waals surface area (Å²) in [5.74, 6) is -0.0761. The van der Waals surface area contributed by atoms with Gasteiger partial charge in [0.25, 0.3) is 5.91 Å². The number of piperidine rings is 1. The van der Waals surface area contributed by atoms with Crippen molar-refractivity contribution in [2.45, 2.75) is 23.6 Å². The van der Waals surface area contributed by atoms with Gasteiger partial charge >= 0.3 is 5.97 Å². The summed E-state index contributed by atoms with van der Waals surface area (Å²) >= 11 is 8.33. The largest absolute Gasteiger partial charge is 0.452 e. The van der Waals surface area contributed by atoms with Crippen molar-refractivity contribution in [3.05, 3.63) is 69.7 Å². The summed E-state index contributed by atoms with van der Waals surface area (Å²) in [7, 11) is 0. The Labute approximate surface area is 206 Å². The second-order valence-electron chi connectivity index (χ2n) is 7.89. The zero-order valence-corrected chi connectivity index (χ0v) is 20.8. The lowest BCUT2D eigenvalue weighted by Gasteiger charge is -2.32. The van der Waals surface area contributed by atoms with Gasteiger partial charge in [-0.1, -0.05) is 53.4 Å². The van der Waals surface area contributed by atoms with E-state index in [1.807, 2.05) is 12.3 Å². The van der Waals surface area contributed by atoms with E-state index < -0.39 is 5.97 Å². The van der Waals surface area contributed by atoms with Crippen molar-refractivity contribution in [2.75, 3.05) is 26.0 Å². The van der Waals surface area contributed by atoms with Crippen molar-refractivity contribution in [2.24, 2.45) is 5.92 Å². The van der Waals surface area contributed by atoms with Gasteiger partial charge < -0.3 is 9.64 Å². The predicted octanol–water partition coefficient (Wildman–Crippen LogP) is 5.02. The molecule has 0 spiro atoms. The molecule has 0 bridgehead atoms. The van der Waals surface area contributed by atoms with Gasteiger partial charge in [-0.15, -0.1) is 5.10 Å². The molecule has 1 aromatic heterocycles. The van der Waals surface area contributed by atoms with Gasteiger partial charge in [0.05, 0.1) is 11.3 Å². The lowest BCUT2D eigenvalue weighted by Crippen LogP contribution is -2.41. The van der Waals surface area contributed by atoms with Gasteiger partial charge in [-0.2, -0.15) is 0 Å². The molecular formula is C24H25N3O3S3. The number of rotatable bonds is 7. The number of carbonyl (C=O) groups excluding carboxylic acids is 2. The normalized spacial score (nSPS) is 14.3. The van der Waals surface area contributed by atoms with E-state index in [4.69, 9.17) is 17.0 Å². The van der Waals surface area contributed by atoms with Crippen molar-refractivity contribution >= 4 is 47.2 Å². The zero-order chi connectivity index (χ0) is 23.2. The number of esters is 1. The van der Waals surface area contributed by atoms with Crippen molar-refractivity contribution in [1.82, 2.24) is 14.7 Å². The number of nitrogens with zero attached hydrogens (tertiary/aromatic N) is 3. The molecule has 0 N–H and O–H groups in total. The summed E-state index contributed by atoms with van der Waals surface area (Å²) in [5.41, 5.74) is 2.51. The first-order chi connectivity index (χ1) is 16.0. The molecule has 33 heavy (non-hydrogen) atoms. The highest BCUT2D eigenvalue weighted by molar-refractivity contribution is 8.00. The molecule has 0 saturated carbocycles. The van der Waals surface area contributed by atoms with Gasteiger partial charge in [0.15, 0.2) is 14.9 Å². The van der Waals surface area contributed by atoms with E-state index in [2.05, 4.69) is 29.4 Å². The number of thioether (sulfide) groups is 1. The standard InChI is InChI=1S/C24H25N3O3S3/c1-32-23-25-27(24(31)33-23)20-9-7-19(8-10-20)22(29)30-16-21(28)26-13-11-18(12-14-26)15-17-5-3-2-4-6-17/h2-10,18H,11-16H2,1H3. The number of carbonyl (C=O) groups is 2. The Morgan fingerprint density at radius 2 is 1.82 bits per heavy atom. The smallest absolute Gasteiger partial charge is 0.338 e. The maximum atomic E-state index is 12.5. The summed E-state index contributed by atoms with van der Waals surface area (Å²) in [6.45, 7) is 1.17. The van der Waals surface area contributed by atoms with Gasteiger partial charge in [-0.25, -0.2) is 9.48 Å². The Balaban J connectivity index is 1.25. The topological polar surface area (TPSA) is 64.4 Å². The van der Waals surface area contributed by atoms with E-state index >= 15 is 0 Å².